The lowest BCUT2D eigenvalue weighted by molar-refractivity contribution is -0.138. The van der Waals surface area contributed by atoms with Crippen LogP contribution in [0, 0.1) is 0 Å². The highest BCUT2D eigenvalue weighted by molar-refractivity contribution is 5.84. The van der Waals surface area contributed by atoms with Gasteiger partial charge in [0, 0.05) is 0 Å². The second-order valence-corrected chi connectivity index (χ2v) is 3.57. The molecule has 88 valence electrons. The predicted molar refractivity (Wildman–Crippen MR) is 58.8 cm³/mol. The van der Waals surface area contributed by atoms with Gasteiger partial charge in [0.15, 0.2) is 5.78 Å². The van der Waals surface area contributed by atoms with Gasteiger partial charge in [-0.1, -0.05) is 30.3 Å². The number of hydrogen-bond acceptors (Lipinski definition) is 4. The fraction of sp³-hybridized carbons (Fsp3) is 0.417. The average molecular weight is 224 g/mol. The van der Waals surface area contributed by atoms with E-state index >= 15 is 0 Å². The lowest BCUT2D eigenvalue weighted by atomic mass is 10.1. The number of ether oxygens (including phenoxy) is 1. The Bertz CT molecular complexity index is 323. The number of ketones is 1. The van der Waals surface area contributed by atoms with Gasteiger partial charge in [-0.2, -0.15) is 0 Å². The minimum Gasteiger partial charge on any atom is -0.388 e. The standard InChI is InChI=1S/C12H16O4/c1-9(12(15)11(14)7-13)16-8-10-5-3-2-4-6-10/h2-6,9,12-13,15H,7-8H2,1H3/t9-,12-/m1/s1. The minimum atomic E-state index is -1.27. The summed E-state index contributed by atoms with van der Waals surface area (Å²) in [6.07, 6.45) is -1.89. The van der Waals surface area contributed by atoms with E-state index in [1.807, 2.05) is 30.3 Å². The van der Waals surface area contributed by atoms with Gasteiger partial charge >= 0.3 is 0 Å². The summed E-state index contributed by atoms with van der Waals surface area (Å²) in [5.74, 6) is -0.624. The molecule has 0 saturated carbocycles. The molecule has 1 aromatic rings. The van der Waals surface area contributed by atoms with Gasteiger partial charge in [-0.05, 0) is 12.5 Å². The Balaban J connectivity index is 2.41. The summed E-state index contributed by atoms with van der Waals surface area (Å²) in [6.45, 7) is 1.26. The van der Waals surface area contributed by atoms with Gasteiger partial charge in [-0.3, -0.25) is 4.79 Å². The molecule has 0 bridgehead atoms. The topological polar surface area (TPSA) is 66.8 Å². The normalized spacial score (nSPS) is 14.4. The van der Waals surface area contributed by atoms with Crippen LogP contribution in [0.4, 0.5) is 0 Å². The van der Waals surface area contributed by atoms with E-state index in [0.717, 1.165) is 5.56 Å². The molecule has 0 aromatic heterocycles. The first-order valence-electron chi connectivity index (χ1n) is 5.12. The Morgan fingerprint density at radius 1 is 1.38 bits per heavy atom. The highest BCUT2D eigenvalue weighted by Gasteiger charge is 2.21. The smallest absolute Gasteiger partial charge is 0.189 e. The van der Waals surface area contributed by atoms with Crippen LogP contribution in [0.1, 0.15) is 12.5 Å². The molecular formula is C12H16O4. The van der Waals surface area contributed by atoms with Gasteiger partial charge in [0.2, 0.25) is 0 Å². The summed E-state index contributed by atoms with van der Waals surface area (Å²) in [4.78, 5) is 11.0. The number of Topliss-reactive ketones (excluding diaryl/α,β-unsaturated/α-hetero) is 1. The first-order valence-corrected chi connectivity index (χ1v) is 5.12. The maximum atomic E-state index is 11.0. The van der Waals surface area contributed by atoms with Crippen molar-refractivity contribution in [1.29, 1.82) is 0 Å². The second-order valence-electron chi connectivity index (χ2n) is 3.57. The minimum absolute atomic E-state index is 0.331. The van der Waals surface area contributed by atoms with Crippen molar-refractivity contribution >= 4 is 5.78 Å². The maximum Gasteiger partial charge on any atom is 0.189 e. The first-order chi connectivity index (χ1) is 7.65. The summed E-state index contributed by atoms with van der Waals surface area (Å²) in [5.41, 5.74) is 0.970. The Morgan fingerprint density at radius 3 is 2.56 bits per heavy atom. The van der Waals surface area contributed by atoms with Gasteiger partial charge < -0.3 is 14.9 Å². The van der Waals surface area contributed by atoms with Crippen LogP contribution in [-0.4, -0.2) is 34.8 Å². The summed E-state index contributed by atoms with van der Waals surface area (Å²) in [6, 6.07) is 9.47. The van der Waals surface area contributed by atoms with Gasteiger partial charge in [-0.15, -0.1) is 0 Å². The van der Waals surface area contributed by atoms with E-state index in [2.05, 4.69) is 0 Å². The summed E-state index contributed by atoms with van der Waals surface area (Å²) >= 11 is 0. The largest absolute Gasteiger partial charge is 0.388 e. The van der Waals surface area contributed by atoms with E-state index in [0.29, 0.717) is 6.61 Å². The highest BCUT2D eigenvalue weighted by Crippen LogP contribution is 2.06. The number of aliphatic hydroxyl groups is 2. The fourth-order valence-electron chi connectivity index (χ4n) is 1.25. The Morgan fingerprint density at radius 2 is 2.00 bits per heavy atom. The molecule has 0 aliphatic rings. The fourth-order valence-corrected chi connectivity index (χ4v) is 1.25. The number of carbonyl (C=O) groups is 1. The Hall–Kier alpha value is -1.23. The predicted octanol–water partition coefficient (Wildman–Crippen LogP) is 0.514. The van der Waals surface area contributed by atoms with Crippen LogP contribution < -0.4 is 0 Å². The molecule has 1 rings (SSSR count). The lowest BCUT2D eigenvalue weighted by Crippen LogP contribution is -2.35. The van der Waals surface area contributed by atoms with E-state index in [1.165, 1.54) is 0 Å². The lowest BCUT2D eigenvalue weighted by Gasteiger charge is -2.17. The van der Waals surface area contributed by atoms with Crippen LogP contribution in [-0.2, 0) is 16.1 Å². The molecule has 4 nitrogen and oxygen atoms in total. The highest BCUT2D eigenvalue weighted by atomic mass is 16.5. The molecule has 2 atom stereocenters. The monoisotopic (exact) mass is 224 g/mol. The first kappa shape index (κ1) is 12.8. The zero-order valence-corrected chi connectivity index (χ0v) is 9.17. The molecular weight excluding hydrogens is 208 g/mol. The van der Waals surface area contributed by atoms with E-state index < -0.39 is 24.6 Å². The summed E-state index contributed by atoms with van der Waals surface area (Å²) in [7, 11) is 0. The SMILES string of the molecule is C[C@@H](OCc1ccccc1)[C@@H](O)C(=O)CO. The van der Waals surface area contributed by atoms with Crippen molar-refractivity contribution in [3.8, 4) is 0 Å². The van der Waals surface area contributed by atoms with Crippen LogP contribution in [0.3, 0.4) is 0 Å². The average Bonchev–Trinajstić information content (AvgIpc) is 2.35. The molecule has 0 spiro atoms. The Kier molecular flexibility index (Phi) is 5.11. The van der Waals surface area contributed by atoms with Crippen LogP contribution in [0.5, 0.6) is 0 Å². The molecule has 0 fully saturated rings. The van der Waals surface area contributed by atoms with Crippen LogP contribution >= 0.6 is 0 Å². The molecule has 0 aliphatic heterocycles. The van der Waals surface area contributed by atoms with E-state index in [-0.39, 0.29) is 0 Å². The molecule has 0 unspecified atom stereocenters. The molecule has 2 N–H and O–H groups in total. The number of hydrogen-bond donors (Lipinski definition) is 2. The van der Waals surface area contributed by atoms with Crippen molar-refractivity contribution in [2.24, 2.45) is 0 Å². The van der Waals surface area contributed by atoms with Crippen molar-refractivity contribution < 1.29 is 19.7 Å². The van der Waals surface area contributed by atoms with E-state index in [9.17, 15) is 9.90 Å². The van der Waals surface area contributed by atoms with Crippen molar-refractivity contribution in [2.45, 2.75) is 25.7 Å². The third-order valence-corrected chi connectivity index (χ3v) is 2.29. The van der Waals surface area contributed by atoms with Gasteiger partial charge in [-0.25, -0.2) is 0 Å². The van der Waals surface area contributed by atoms with Gasteiger partial charge in [0.25, 0.3) is 0 Å². The quantitative estimate of drug-likeness (QED) is 0.739. The molecule has 0 saturated heterocycles. The zero-order valence-electron chi connectivity index (χ0n) is 9.17. The van der Waals surface area contributed by atoms with E-state index in [1.54, 1.807) is 6.92 Å². The number of benzene rings is 1. The van der Waals surface area contributed by atoms with Crippen molar-refractivity contribution in [2.75, 3.05) is 6.61 Å². The summed E-state index contributed by atoms with van der Waals surface area (Å²) < 4.78 is 5.33. The molecule has 0 heterocycles. The molecule has 0 radical (unpaired) electrons. The van der Waals surface area contributed by atoms with Crippen LogP contribution in [0.2, 0.25) is 0 Å². The van der Waals surface area contributed by atoms with Gasteiger partial charge in [0.1, 0.15) is 12.7 Å². The zero-order chi connectivity index (χ0) is 12.0. The second kappa shape index (κ2) is 6.37. The molecule has 4 heteroatoms. The van der Waals surface area contributed by atoms with E-state index in [4.69, 9.17) is 9.84 Å². The van der Waals surface area contributed by atoms with Crippen LogP contribution in [0.25, 0.3) is 0 Å². The Labute approximate surface area is 94.5 Å². The van der Waals surface area contributed by atoms with Crippen molar-refractivity contribution in [1.82, 2.24) is 0 Å². The molecule has 0 aliphatic carbocycles. The van der Waals surface area contributed by atoms with Crippen molar-refractivity contribution in [3.63, 3.8) is 0 Å². The third kappa shape index (κ3) is 3.73. The van der Waals surface area contributed by atoms with Crippen molar-refractivity contribution in [3.05, 3.63) is 35.9 Å². The van der Waals surface area contributed by atoms with Crippen LogP contribution in [0.15, 0.2) is 30.3 Å². The third-order valence-electron chi connectivity index (χ3n) is 2.29. The maximum absolute atomic E-state index is 11.0. The molecule has 16 heavy (non-hydrogen) atoms. The number of aliphatic hydroxyl groups excluding tert-OH is 2. The molecule has 1 aromatic carbocycles. The molecule has 0 amide bonds. The summed E-state index contributed by atoms with van der Waals surface area (Å²) in [5, 5.41) is 18.0. The van der Waals surface area contributed by atoms with Gasteiger partial charge in [0.05, 0.1) is 12.7 Å². The number of carbonyl (C=O) groups excluding carboxylic acids is 1. The number of rotatable bonds is 6.